The van der Waals surface area contributed by atoms with Gasteiger partial charge in [-0.15, -0.1) is 0 Å². The molecule has 1 aliphatic rings. The van der Waals surface area contributed by atoms with Gasteiger partial charge in [-0.2, -0.15) is 0 Å². The predicted octanol–water partition coefficient (Wildman–Crippen LogP) is 2.89. The fourth-order valence-corrected chi connectivity index (χ4v) is 4.02. The Morgan fingerprint density at radius 1 is 1.19 bits per heavy atom. The molecular weight excluding hydrogens is 430 g/mol. The van der Waals surface area contributed by atoms with Crippen LogP contribution in [0.5, 0.6) is 5.75 Å². The second kappa shape index (κ2) is 9.40. The highest BCUT2D eigenvalue weighted by molar-refractivity contribution is 6.30. The summed E-state index contributed by atoms with van der Waals surface area (Å²) in [6.07, 6.45) is 1.96. The van der Waals surface area contributed by atoms with Gasteiger partial charge in [-0.3, -0.25) is 9.59 Å². The number of rotatable bonds is 6. The highest BCUT2D eigenvalue weighted by Crippen LogP contribution is 2.22. The van der Waals surface area contributed by atoms with Gasteiger partial charge in [0.25, 0.3) is 5.91 Å². The smallest absolute Gasteiger partial charge is 0.261 e. The van der Waals surface area contributed by atoms with Crippen molar-refractivity contribution in [3.8, 4) is 5.75 Å². The van der Waals surface area contributed by atoms with E-state index in [1.807, 2.05) is 25.1 Å². The molecule has 1 unspecified atom stereocenters. The normalized spacial score (nSPS) is 16.4. The third kappa shape index (κ3) is 4.60. The first-order valence-corrected chi connectivity index (χ1v) is 10.8. The van der Waals surface area contributed by atoms with Crippen molar-refractivity contribution in [1.82, 2.24) is 19.8 Å². The first-order chi connectivity index (χ1) is 15.5. The largest absolute Gasteiger partial charge is 0.484 e. The number of nitrogen functional groups attached to an aromatic ring is 1. The van der Waals surface area contributed by atoms with Crippen LogP contribution in [0.4, 0.5) is 5.82 Å². The molecule has 2 heterocycles. The summed E-state index contributed by atoms with van der Waals surface area (Å²) in [5.41, 5.74) is 7.58. The second-order valence-corrected chi connectivity index (χ2v) is 8.06. The molecule has 32 heavy (non-hydrogen) atoms. The van der Waals surface area contributed by atoms with Gasteiger partial charge in [0, 0.05) is 30.0 Å². The number of piperazine rings is 1. The molecule has 0 saturated carbocycles. The lowest BCUT2D eigenvalue weighted by Crippen LogP contribution is -2.59. The SMILES string of the molecule is CCC1C(=O)N(Cc2ccc3c(N)ncnc3c2)CCN1C(=O)COc1ccc(Cl)cc1. The van der Waals surface area contributed by atoms with E-state index in [1.54, 1.807) is 34.1 Å². The summed E-state index contributed by atoms with van der Waals surface area (Å²) in [6, 6.07) is 12.0. The number of nitrogens with zero attached hydrogens (tertiary/aromatic N) is 4. The molecule has 2 aromatic carbocycles. The zero-order valence-corrected chi connectivity index (χ0v) is 18.5. The van der Waals surface area contributed by atoms with Gasteiger partial charge in [-0.05, 0) is 48.4 Å². The Labute approximate surface area is 190 Å². The Balaban J connectivity index is 1.41. The number of benzene rings is 2. The summed E-state index contributed by atoms with van der Waals surface area (Å²) in [7, 11) is 0. The fraction of sp³-hybridized carbons (Fsp3) is 0.304. The number of carbonyl (C=O) groups is 2. The number of fused-ring (bicyclic) bond motifs is 1. The minimum Gasteiger partial charge on any atom is -0.484 e. The molecule has 1 atom stereocenters. The number of anilines is 1. The number of nitrogens with two attached hydrogens (primary N) is 1. The van der Waals surface area contributed by atoms with Gasteiger partial charge in [-0.25, -0.2) is 9.97 Å². The summed E-state index contributed by atoms with van der Waals surface area (Å²) in [5.74, 6) is 0.705. The maximum absolute atomic E-state index is 13.1. The number of hydrogen-bond acceptors (Lipinski definition) is 6. The lowest BCUT2D eigenvalue weighted by molar-refractivity contribution is -0.153. The average Bonchev–Trinajstić information content (AvgIpc) is 2.80. The van der Waals surface area contributed by atoms with Crippen molar-refractivity contribution in [2.75, 3.05) is 25.4 Å². The molecule has 2 N–H and O–H groups in total. The van der Waals surface area contributed by atoms with E-state index in [0.717, 1.165) is 16.5 Å². The van der Waals surface area contributed by atoms with Crippen LogP contribution < -0.4 is 10.5 Å². The molecule has 166 valence electrons. The van der Waals surface area contributed by atoms with Gasteiger partial charge < -0.3 is 20.3 Å². The summed E-state index contributed by atoms with van der Waals surface area (Å²) >= 11 is 5.87. The quantitative estimate of drug-likeness (QED) is 0.615. The van der Waals surface area contributed by atoms with E-state index in [0.29, 0.717) is 42.6 Å². The molecule has 1 fully saturated rings. The molecule has 0 radical (unpaired) electrons. The first-order valence-electron chi connectivity index (χ1n) is 10.4. The van der Waals surface area contributed by atoms with Crippen molar-refractivity contribution < 1.29 is 14.3 Å². The van der Waals surface area contributed by atoms with Crippen molar-refractivity contribution in [1.29, 1.82) is 0 Å². The number of hydrogen-bond donors (Lipinski definition) is 1. The van der Waals surface area contributed by atoms with Gasteiger partial charge in [0.1, 0.15) is 23.9 Å². The first kappa shape index (κ1) is 21.8. The summed E-state index contributed by atoms with van der Waals surface area (Å²) < 4.78 is 5.58. The lowest BCUT2D eigenvalue weighted by atomic mass is 10.1. The van der Waals surface area contributed by atoms with E-state index in [-0.39, 0.29) is 18.4 Å². The molecule has 1 saturated heterocycles. The van der Waals surface area contributed by atoms with Crippen LogP contribution in [0.15, 0.2) is 48.8 Å². The number of ether oxygens (including phenoxy) is 1. The Kier molecular flexibility index (Phi) is 6.41. The van der Waals surface area contributed by atoms with E-state index in [2.05, 4.69) is 9.97 Å². The minimum atomic E-state index is -0.511. The van der Waals surface area contributed by atoms with E-state index < -0.39 is 6.04 Å². The van der Waals surface area contributed by atoms with Crippen LogP contribution in [0.2, 0.25) is 5.02 Å². The highest BCUT2D eigenvalue weighted by Gasteiger charge is 2.36. The molecule has 8 nitrogen and oxygen atoms in total. The topological polar surface area (TPSA) is 102 Å². The van der Waals surface area contributed by atoms with Crippen LogP contribution in [-0.4, -0.2) is 57.3 Å². The zero-order valence-electron chi connectivity index (χ0n) is 17.7. The van der Waals surface area contributed by atoms with Crippen LogP contribution in [0.25, 0.3) is 10.9 Å². The fourth-order valence-electron chi connectivity index (χ4n) is 3.89. The maximum Gasteiger partial charge on any atom is 0.261 e. The monoisotopic (exact) mass is 453 g/mol. The second-order valence-electron chi connectivity index (χ2n) is 7.62. The van der Waals surface area contributed by atoms with Crippen LogP contribution in [0.3, 0.4) is 0 Å². The Morgan fingerprint density at radius 3 is 2.72 bits per heavy atom. The van der Waals surface area contributed by atoms with Crippen LogP contribution >= 0.6 is 11.6 Å². The van der Waals surface area contributed by atoms with Crippen molar-refractivity contribution in [2.24, 2.45) is 0 Å². The summed E-state index contributed by atoms with van der Waals surface area (Å²) in [6.45, 7) is 3.12. The lowest BCUT2D eigenvalue weighted by Gasteiger charge is -2.40. The Morgan fingerprint density at radius 2 is 1.97 bits per heavy atom. The van der Waals surface area contributed by atoms with Crippen molar-refractivity contribution in [3.63, 3.8) is 0 Å². The Bertz CT molecular complexity index is 1140. The standard InChI is InChI=1S/C23H24ClN5O3/c1-2-20-23(31)28(12-15-3-8-18-19(11-15)26-14-27-22(18)25)9-10-29(20)21(30)13-32-17-6-4-16(24)5-7-17/h3-8,11,14,20H,2,9-10,12-13H2,1H3,(H2,25,26,27). The van der Waals surface area contributed by atoms with E-state index >= 15 is 0 Å². The van der Waals surface area contributed by atoms with Crippen molar-refractivity contribution >= 4 is 40.1 Å². The van der Waals surface area contributed by atoms with Crippen LogP contribution in [0.1, 0.15) is 18.9 Å². The molecule has 0 bridgehead atoms. The van der Waals surface area contributed by atoms with Gasteiger partial charge in [0.15, 0.2) is 6.61 Å². The highest BCUT2D eigenvalue weighted by atomic mass is 35.5. The summed E-state index contributed by atoms with van der Waals surface area (Å²) in [5, 5.41) is 1.38. The molecule has 3 aromatic rings. The molecule has 1 aliphatic heterocycles. The maximum atomic E-state index is 13.1. The Hall–Kier alpha value is -3.39. The van der Waals surface area contributed by atoms with Crippen molar-refractivity contribution in [3.05, 3.63) is 59.4 Å². The molecule has 0 aliphatic carbocycles. The zero-order chi connectivity index (χ0) is 22.7. The number of aromatic nitrogens is 2. The molecule has 0 spiro atoms. The molecule has 1 aromatic heterocycles. The molecule has 2 amide bonds. The van der Waals surface area contributed by atoms with E-state index in [9.17, 15) is 9.59 Å². The van der Waals surface area contributed by atoms with Gasteiger partial charge >= 0.3 is 0 Å². The van der Waals surface area contributed by atoms with Crippen molar-refractivity contribution in [2.45, 2.75) is 25.9 Å². The third-order valence-electron chi connectivity index (χ3n) is 5.57. The van der Waals surface area contributed by atoms with E-state index in [1.165, 1.54) is 6.33 Å². The predicted molar refractivity (Wildman–Crippen MR) is 122 cm³/mol. The van der Waals surface area contributed by atoms with E-state index in [4.69, 9.17) is 22.1 Å². The number of amides is 2. The summed E-state index contributed by atoms with van der Waals surface area (Å²) in [4.78, 5) is 37.6. The van der Waals surface area contributed by atoms with Crippen LogP contribution in [-0.2, 0) is 16.1 Å². The number of halogens is 1. The molecular formula is C23H24ClN5O3. The van der Waals surface area contributed by atoms with Gasteiger partial charge in [0.05, 0.1) is 5.52 Å². The van der Waals surface area contributed by atoms with Gasteiger partial charge in [-0.1, -0.05) is 24.6 Å². The number of carbonyl (C=O) groups excluding carboxylic acids is 2. The minimum absolute atomic E-state index is 0.0686. The van der Waals surface area contributed by atoms with Crippen LogP contribution in [0, 0.1) is 0 Å². The van der Waals surface area contributed by atoms with Gasteiger partial charge in [0.2, 0.25) is 5.91 Å². The third-order valence-corrected chi connectivity index (χ3v) is 5.82. The molecule has 9 heteroatoms. The average molecular weight is 454 g/mol. The molecule has 4 rings (SSSR count).